The van der Waals surface area contributed by atoms with Gasteiger partial charge in [0.05, 0.1) is 11.3 Å². The van der Waals surface area contributed by atoms with Gasteiger partial charge in [-0.1, -0.05) is 0 Å². The maximum absolute atomic E-state index is 12.5. The van der Waals surface area contributed by atoms with Crippen LogP contribution in [0.2, 0.25) is 0 Å². The van der Waals surface area contributed by atoms with Crippen LogP contribution >= 0.6 is 0 Å². The lowest BCUT2D eigenvalue weighted by Crippen LogP contribution is -2.50. The molecule has 0 bridgehead atoms. The van der Waals surface area contributed by atoms with Crippen LogP contribution in [-0.4, -0.2) is 58.8 Å². The van der Waals surface area contributed by atoms with Crippen molar-refractivity contribution in [1.29, 1.82) is 0 Å². The number of hydrogen-bond donors (Lipinski definition) is 1. The molecule has 21 heavy (non-hydrogen) atoms. The SMILES string of the molecule is CC(=O)N1CCN(C(=O)c2cncc(NC(C)C)c2)CC1. The lowest BCUT2D eigenvalue weighted by atomic mass is 10.2. The summed E-state index contributed by atoms with van der Waals surface area (Å²) in [6.45, 7) is 7.96. The van der Waals surface area contributed by atoms with Crippen LogP contribution in [0.5, 0.6) is 0 Å². The van der Waals surface area contributed by atoms with Crippen LogP contribution in [0.15, 0.2) is 18.5 Å². The highest BCUT2D eigenvalue weighted by Gasteiger charge is 2.23. The molecule has 0 unspecified atom stereocenters. The van der Waals surface area contributed by atoms with Crippen LogP contribution in [0.3, 0.4) is 0 Å². The van der Waals surface area contributed by atoms with Gasteiger partial charge in [0, 0.05) is 51.5 Å². The van der Waals surface area contributed by atoms with Crippen molar-refractivity contribution in [2.24, 2.45) is 0 Å². The van der Waals surface area contributed by atoms with Gasteiger partial charge in [-0.25, -0.2) is 0 Å². The normalized spacial score (nSPS) is 15.2. The summed E-state index contributed by atoms with van der Waals surface area (Å²) in [6.07, 6.45) is 3.30. The van der Waals surface area contributed by atoms with Crippen molar-refractivity contribution in [3.05, 3.63) is 24.0 Å². The fourth-order valence-corrected chi connectivity index (χ4v) is 2.38. The molecule has 6 nitrogen and oxygen atoms in total. The van der Waals surface area contributed by atoms with Gasteiger partial charge in [0.2, 0.25) is 5.91 Å². The predicted molar refractivity (Wildman–Crippen MR) is 81.2 cm³/mol. The van der Waals surface area contributed by atoms with Gasteiger partial charge in [0.1, 0.15) is 0 Å². The molecule has 1 N–H and O–H groups in total. The highest BCUT2D eigenvalue weighted by molar-refractivity contribution is 5.95. The fourth-order valence-electron chi connectivity index (χ4n) is 2.38. The zero-order chi connectivity index (χ0) is 15.4. The lowest BCUT2D eigenvalue weighted by molar-refractivity contribution is -0.130. The number of rotatable bonds is 3. The standard InChI is InChI=1S/C15H22N4O2/c1-11(2)17-14-8-13(9-16-10-14)15(21)19-6-4-18(5-7-19)12(3)20/h8-11,17H,4-7H2,1-3H3. The first kappa shape index (κ1) is 15.3. The molecule has 0 atom stereocenters. The number of anilines is 1. The first-order chi connectivity index (χ1) is 9.97. The van der Waals surface area contributed by atoms with Gasteiger partial charge in [-0.15, -0.1) is 0 Å². The minimum atomic E-state index is -0.0295. The van der Waals surface area contributed by atoms with Crippen molar-refractivity contribution >= 4 is 17.5 Å². The van der Waals surface area contributed by atoms with Gasteiger partial charge < -0.3 is 15.1 Å². The van der Waals surface area contributed by atoms with E-state index in [1.54, 1.807) is 29.1 Å². The number of piperazine rings is 1. The number of hydrogen-bond acceptors (Lipinski definition) is 4. The molecule has 0 saturated carbocycles. The smallest absolute Gasteiger partial charge is 0.255 e. The number of carbonyl (C=O) groups is 2. The van der Waals surface area contributed by atoms with E-state index in [9.17, 15) is 9.59 Å². The molecule has 1 saturated heterocycles. The first-order valence-corrected chi connectivity index (χ1v) is 7.23. The number of pyridine rings is 1. The zero-order valence-corrected chi connectivity index (χ0v) is 12.8. The molecule has 0 radical (unpaired) electrons. The van der Waals surface area contributed by atoms with E-state index in [0.29, 0.717) is 31.7 Å². The Bertz CT molecular complexity index is 522. The average molecular weight is 290 g/mol. The van der Waals surface area contributed by atoms with E-state index in [1.165, 1.54) is 0 Å². The molecular formula is C15H22N4O2. The van der Waals surface area contributed by atoms with Crippen LogP contribution in [0.25, 0.3) is 0 Å². The van der Waals surface area contributed by atoms with Crippen molar-refractivity contribution in [2.45, 2.75) is 26.8 Å². The van der Waals surface area contributed by atoms with Crippen LogP contribution < -0.4 is 5.32 Å². The van der Waals surface area contributed by atoms with Gasteiger partial charge in [0.25, 0.3) is 5.91 Å². The quantitative estimate of drug-likeness (QED) is 0.908. The Morgan fingerprint density at radius 1 is 1.14 bits per heavy atom. The maximum atomic E-state index is 12.5. The maximum Gasteiger partial charge on any atom is 0.255 e. The van der Waals surface area contributed by atoms with E-state index in [1.807, 2.05) is 19.9 Å². The zero-order valence-electron chi connectivity index (χ0n) is 12.8. The number of nitrogens with zero attached hydrogens (tertiary/aromatic N) is 3. The van der Waals surface area contributed by atoms with Gasteiger partial charge >= 0.3 is 0 Å². The number of carbonyl (C=O) groups excluding carboxylic acids is 2. The van der Waals surface area contributed by atoms with E-state index >= 15 is 0 Å². The lowest BCUT2D eigenvalue weighted by Gasteiger charge is -2.34. The Hall–Kier alpha value is -2.11. The number of aromatic nitrogens is 1. The average Bonchev–Trinajstić information content (AvgIpc) is 2.46. The molecule has 114 valence electrons. The van der Waals surface area contributed by atoms with Crippen LogP contribution in [-0.2, 0) is 4.79 Å². The molecule has 2 rings (SSSR count). The molecule has 0 aromatic carbocycles. The van der Waals surface area contributed by atoms with Crippen LogP contribution in [0, 0.1) is 0 Å². The van der Waals surface area contributed by atoms with Crippen molar-refractivity contribution in [1.82, 2.24) is 14.8 Å². The molecule has 1 fully saturated rings. The highest BCUT2D eigenvalue weighted by atomic mass is 16.2. The third kappa shape index (κ3) is 3.93. The monoisotopic (exact) mass is 290 g/mol. The Morgan fingerprint density at radius 3 is 2.33 bits per heavy atom. The summed E-state index contributed by atoms with van der Waals surface area (Å²) in [5, 5.41) is 3.24. The van der Waals surface area contributed by atoms with E-state index in [4.69, 9.17) is 0 Å². The summed E-state index contributed by atoms with van der Waals surface area (Å²) in [5.41, 5.74) is 1.43. The van der Waals surface area contributed by atoms with Gasteiger partial charge in [0.15, 0.2) is 0 Å². The summed E-state index contributed by atoms with van der Waals surface area (Å²) in [4.78, 5) is 31.4. The second-order valence-corrected chi connectivity index (χ2v) is 5.56. The van der Waals surface area contributed by atoms with E-state index in [2.05, 4.69) is 10.3 Å². The molecule has 0 aliphatic carbocycles. The summed E-state index contributed by atoms with van der Waals surface area (Å²) < 4.78 is 0. The van der Waals surface area contributed by atoms with Crippen molar-refractivity contribution in [3.63, 3.8) is 0 Å². The van der Waals surface area contributed by atoms with Crippen LogP contribution in [0.1, 0.15) is 31.1 Å². The van der Waals surface area contributed by atoms with Crippen LogP contribution in [0.4, 0.5) is 5.69 Å². The Kier molecular flexibility index (Phi) is 4.77. The fraction of sp³-hybridized carbons (Fsp3) is 0.533. The van der Waals surface area contributed by atoms with E-state index < -0.39 is 0 Å². The molecule has 1 aliphatic rings. The first-order valence-electron chi connectivity index (χ1n) is 7.23. The molecule has 1 aromatic heterocycles. The van der Waals surface area contributed by atoms with Crippen molar-refractivity contribution in [2.75, 3.05) is 31.5 Å². The predicted octanol–water partition coefficient (Wildman–Crippen LogP) is 1.21. The molecule has 0 spiro atoms. The van der Waals surface area contributed by atoms with Crippen molar-refractivity contribution < 1.29 is 9.59 Å². The highest BCUT2D eigenvalue weighted by Crippen LogP contribution is 2.13. The second kappa shape index (κ2) is 6.56. The van der Waals surface area contributed by atoms with Gasteiger partial charge in [-0.3, -0.25) is 14.6 Å². The third-order valence-corrected chi connectivity index (χ3v) is 3.45. The molecule has 1 aliphatic heterocycles. The second-order valence-electron chi connectivity index (χ2n) is 5.56. The van der Waals surface area contributed by atoms with Gasteiger partial charge in [-0.2, -0.15) is 0 Å². The minimum absolute atomic E-state index is 0.0295. The number of amides is 2. The third-order valence-electron chi connectivity index (χ3n) is 3.45. The molecule has 2 heterocycles. The number of nitrogens with one attached hydrogen (secondary N) is 1. The Morgan fingerprint density at radius 2 is 1.76 bits per heavy atom. The summed E-state index contributed by atoms with van der Waals surface area (Å²) in [6, 6.07) is 2.11. The molecule has 6 heteroatoms. The van der Waals surface area contributed by atoms with E-state index in [0.717, 1.165) is 5.69 Å². The van der Waals surface area contributed by atoms with Gasteiger partial charge in [-0.05, 0) is 19.9 Å². The van der Waals surface area contributed by atoms with E-state index in [-0.39, 0.29) is 17.9 Å². The minimum Gasteiger partial charge on any atom is -0.382 e. The molecule has 1 aromatic rings. The van der Waals surface area contributed by atoms with Crippen molar-refractivity contribution in [3.8, 4) is 0 Å². The summed E-state index contributed by atoms with van der Waals surface area (Å²) >= 11 is 0. The topological polar surface area (TPSA) is 65.5 Å². The Labute approximate surface area is 125 Å². The Balaban J connectivity index is 2.02. The summed E-state index contributed by atoms with van der Waals surface area (Å²) in [7, 11) is 0. The summed E-state index contributed by atoms with van der Waals surface area (Å²) in [5.74, 6) is 0.0324. The molecular weight excluding hydrogens is 268 g/mol. The largest absolute Gasteiger partial charge is 0.382 e. The molecule has 2 amide bonds.